The Hall–Kier alpha value is -2.82. The highest BCUT2D eigenvalue weighted by Crippen LogP contribution is 2.34. The number of aryl methyl sites for hydroxylation is 4. The Bertz CT molecular complexity index is 959. The van der Waals surface area contributed by atoms with E-state index in [1.165, 1.54) is 11.1 Å². The SMILES string of the molecule is Cc1cc(C)c(N2CC(C(=O)NC3CCCc4cc(N)ccc43)CC2=O)c(C)c1. The summed E-state index contributed by atoms with van der Waals surface area (Å²) in [5.41, 5.74) is 13.3. The largest absolute Gasteiger partial charge is 0.399 e. The molecule has 2 aromatic carbocycles. The van der Waals surface area contributed by atoms with Gasteiger partial charge in [0, 0.05) is 24.3 Å². The molecular formula is C24H29N3O2. The fourth-order valence-corrected chi connectivity index (χ4v) is 4.97. The van der Waals surface area contributed by atoms with E-state index in [4.69, 9.17) is 5.73 Å². The minimum absolute atomic E-state index is 0.00107. The number of rotatable bonds is 3. The standard InChI is InChI=1S/C24H29N3O2/c1-14-9-15(2)23(16(3)10-14)27-13-18(12-22(27)28)24(29)26-21-6-4-5-17-11-19(25)7-8-20(17)21/h7-11,18,21H,4-6,12-13,25H2,1-3H3,(H,26,29). The van der Waals surface area contributed by atoms with Crippen molar-refractivity contribution in [2.75, 3.05) is 17.2 Å². The van der Waals surface area contributed by atoms with Crippen LogP contribution in [0.4, 0.5) is 11.4 Å². The molecule has 0 spiro atoms. The number of fused-ring (bicyclic) bond motifs is 1. The van der Waals surface area contributed by atoms with Crippen molar-refractivity contribution < 1.29 is 9.59 Å². The van der Waals surface area contributed by atoms with Crippen LogP contribution in [0.15, 0.2) is 30.3 Å². The van der Waals surface area contributed by atoms with Crippen LogP contribution in [0, 0.1) is 26.7 Å². The van der Waals surface area contributed by atoms with Crippen molar-refractivity contribution in [2.45, 2.75) is 52.5 Å². The van der Waals surface area contributed by atoms with Gasteiger partial charge in [0.15, 0.2) is 0 Å². The lowest BCUT2D eigenvalue weighted by atomic mass is 9.87. The van der Waals surface area contributed by atoms with E-state index >= 15 is 0 Å². The van der Waals surface area contributed by atoms with Crippen molar-refractivity contribution in [2.24, 2.45) is 5.92 Å². The zero-order valence-electron chi connectivity index (χ0n) is 17.4. The van der Waals surface area contributed by atoms with E-state index in [2.05, 4.69) is 24.4 Å². The molecule has 0 radical (unpaired) electrons. The molecule has 1 aliphatic heterocycles. The summed E-state index contributed by atoms with van der Waals surface area (Å²) in [4.78, 5) is 27.6. The van der Waals surface area contributed by atoms with E-state index in [-0.39, 0.29) is 30.2 Å². The van der Waals surface area contributed by atoms with Gasteiger partial charge in [-0.25, -0.2) is 0 Å². The van der Waals surface area contributed by atoms with E-state index in [9.17, 15) is 9.59 Å². The van der Waals surface area contributed by atoms with Gasteiger partial charge < -0.3 is 16.0 Å². The van der Waals surface area contributed by atoms with Crippen molar-refractivity contribution in [3.63, 3.8) is 0 Å². The highest BCUT2D eigenvalue weighted by molar-refractivity contribution is 6.01. The first-order valence-electron chi connectivity index (χ1n) is 10.4. The second-order valence-corrected chi connectivity index (χ2v) is 8.56. The van der Waals surface area contributed by atoms with Crippen LogP contribution in [0.25, 0.3) is 0 Å². The maximum absolute atomic E-state index is 13.0. The van der Waals surface area contributed by atoms with Gasteiger partial charge in [0.25, 0.3) is 0 Å². The summed E-state index contributed by atoms with van der Waals surface area (Å²) in [6.45, 7) is 6.56. The maximum Gasteiger partial charge on any atom is 0.227 e. The third kappa shape index (κ3) is 3.74. The minimum atomic E-state index is -0.318. The van der Waals surface area contributed by atoms with Gasteiger partial charge in [0.05, 0.1) is 12.0 Å². The molecular weight excluding hydrogens is 362 g/mol. The lowest BCUT2D eigenvalue weighted by Crippen LogP contribution is -2.37. The van der Waals surface area contributed by atoms with Crippen molar-refractivity contribution in [3.8, 4) is 0 Å². The van der Waals surface area contributed by atoms with E-state index in [1.807, 2.05) is 32.0 Å². The van der Waals surface area contributed by atoms with Gasteiger partial charge in [-0.3, -0.25) is 9.59 Å². The van der Waals surface area contributed by atoms with Crippen molar-refractivity contribution in [1.82, 2.24) is 5.32 Å². The van der Waals surface area contributed by atoms with Crippen molar-refractivity contribution in [1.29, 1.82) is 0 Å². The van der Waals surface area contributed by atoms with Gasteiger partial charge in [0.1, 0.15) is 0 Å². The number of hydrogen-bond acceptors (Lipinski definition) is 3. The third-order valence-electron chi connectivity index (χ3n) is 6.20. The number of nitrogens with zero attached hydrogens (tertiary/aromatic N) is 1. The zero-order valence-corrected chi connectivity index (χ0v) is 17.4. The van der Waals surface area contributed by atoms with Crippen LogP contribution in [0.5, 0.6) is 0 Å². The van der Waals surface area contributed by atoms with Crippen LogP contribution in [0.2, 0.25) is 0 Å². The van der Waals surface area contributed by atoms with Crippen LogP contribution in [0.3, 0.4) is 0 Å². The fourth-order valence-electron chi connectivity index (χ4n) is 4.97. The number of nitrogens with one attached hydrogen (secondary N) is 1. The van der Waals surface area contributed by atoms with Crippen LogP contribution in [-0.2, 0) is 16.0 Å². The number of carbonyl (C=O) groups excluding carboxylic acids is 2. The number of carbonyl (C=O) groups is 2. The van der Waals surface area contributed by atoms with Crippen LogP contribution < -0.4 is 16.0 Å². The van der Waals surface area contributed by atoms with E-state index in [0.717, 1.165) is 47.3 Å². The number of amides is 2. The van der Waals surface area contributed by atoms with Gasteiger partial charge in [-0.2, -0.15) is 0 Å². The predicted octanol–water partition coefficient (Wildman–Crippen LogP) is 3.74. The Morgan fingerprint density at radius 2 is 1.86 bits per heavy atom. The third-order valence-corrected chi connectivity index (χ3v) is 6.20. The predicted molar refractivity (Wildman–Crippen MR) is 116 cm³/mol. The molecule has 1 heterocycles. The Labute approximate surface area is 172 Å². The molecule has 3 N–H and O–H groups in total. The first-order chi connectivity index (χ1) is 13.8. The fraction of sp³-hybridized carbons (Fsp3) is 0.417. The summed E-state index contributed by atoms with van der Waals surface area (Å²) in [5.74, 6) is -0.322. The molecule has 0 bridgehead atoms. The van der Waals surface area contributed by atoms with E-state index < -0.39 is 0 Å². The maximum atomic E-state index is 13.0. The highest BCUT2D eigenvalue weighted by atomic mass is 16.2. The number of nitrogens with two attached hydrogens (primary N) is 1. The van der Waals surface area contributed by atoms with Gasteiger partial charge in [-0.05, 0) is 74.4 Å². The topological polar surface area (TPSA) is 75.4 Å². The average molecular weight is 392 g/mol. The molecule has 152 valence electrons. The molecule has 2 aliphatic rings. The summed E-state index contributed by atoms with van der Waals surface area (Å²) in [5, 5.41) is 3.21. The molecule has 2 unspecified atom stereocenters. The Balaban J connectivity index is 1.50. The van der Waals surface area contributed by atoms with Crippen LogP contribution in [-0.4, -0.2) is 18.4 Å². The van der Waals surface area contributed by atoms with E-state index in [1.54, 1.807) is 4.90 Å². The first kappa shape index (κ1) is 19.5. The number of hydrogen-bond donors (Lipinski definition) is 2. The molecule has 4 rings (SSSR count). The summed E-state index contributed by atoms with van der Waals surface area (Å²) in [6, 6.07) is 10.1. The summed E-state index contributed by atoms with van der Waals surface area (Å²) < 4.78 is 0. The van der Waals surface area contributed by atoms with Crippen molar-refractivity contribution in [3.05, 3.63) is 58.1 Å². The molecule has 0 saturated carbocycles. The molecule has 2 atom stereocenters. The highest BCUT2D eigenvalue weighted by Gasteiger charge is 2.37. The first-order valence-corrected chi connectivity index (χ1v) is 10.4. The van der Waals surface area contributed by atoms with Crippen LogP contribution in [0.1, 0.15) is 53.1 Å². The molecule has 5 nitrogen and oxygen atoms in total. The summed E-state index contributed by atoms with van der Waals surface area (Å²) in [6.07, 6.45) is 3.20. The number of benzene rings is 2. The lowest BCUT2D eigenvalue weighted by molar-refractivity contribution is -0.127. The summed E-state index contributed by atoms with van der Waals surface area (Å²) in [7, 11) is 0. The van der Waals surface area contributed by atoms with Gasteiger partial charge in [-0.1, -0.05) is 23.8 Å². The monoisotopic (exact) mass is 391 g/mol. The summed E-state index contributed by atoms with van der Waals surface area (Å²) >= 11 is 0. The molecule has 2 aromatic rings. The average Bonchev–Trinajstić information content (AvgIpc) is 3.02. The van der Waals surface area contributed by atoms with Gasteiger partial charge >= 0.3 is 0 Å². The van der Waals surface area contributed by atoms with E-state index in [0.29, 0.717) is 6.54 Å². The lowest BCUT2D eigenvalue weighted by Gasteiger charge is -2.28. The second kappa shape index (κ2) is 7.54. The Morgan fingerprint density at radius 1 is 1.14 bits per heavy atom. The molecule has 1 fully saturated rings. The molecule has 29 heavy (non-hydrogen) atoms. The van der Waals surface area contributed by atoms with Crippen LogP contribution >= 0.6 is 0 Å². The molecule has 5 heteroatoms. The Kier molecular flexibility index (Phi) is 5.07. The molecule has 1 aliphatic carbocycles. The quantitative estimate of drug-likeness (QED) is 0.783. The van der Waals surface area contributed by atoms with Crippen molar-refractivity contribution >= 4 is 23.2 Å². The minimum Gasteiger partial charge on any atom is -0.399 e. The zero-order chi connectivity index (χ0) is 20.7. The van der Waals surface area contributed by atoms with Gasteiger partial charge in [0.2, 0.25) is 11.8 Å². The second-order valence-electron chi connectivity index (χ2n) is 8.56. The number of nitrogen functional groups attached to an aromatic ring is 1. The smallest absolute Gasteiger partial charge is 0.227 e. The molecule has 1 saturated heterocycles. The molecule has 0 aromatic heterocycles. The number of anilines is 2. The van der Waals surface area contributed by atoms with Gasteiger partial charge in [-0.15, -0.1) is 0 Å². The normalized spacial score (nSPS) is 21.2. The molecule has 2 amide bonds. The Morgan fingerprint density at radius 3 is 2.59 bits per heavy atom.